The molecule has 2 amide bonds. The molecule has 0 unspecified atom stereocenters. The van der Waals surface area contributed by atoms with Crippen LogP contribution >= 0.6 is 11.8 Å². The fourth-order valence-corrected chi connectivity index (χ4v) is 3.60. The summed E-state index contributed by atoms with van der Waals surface area (Å²) >= 11 is 1.70. The minimum Gasteiger partial charge on any atom is -0.357 e. The second-order valence-corrected chi connectivity index (χ2v) is 7.53. The lowest BCUT2D eigenvalue weighted by Gasteiger charge is -2.35. The molecular formula is C20H25N3O2S. The predicted molar refractivity (Wildman–Crippen MR) is 104 cm³/mol. The van der Waals surface area contributed by atoms with Gasteiger partial charge in [-0.15, -0.1) is 11.8 Å². The molecule has 138 valence electrons. The smallest absolute Gasteiger partial charge is 0.227 e. The monoisotopic (exact) mass is 371 g/mol. The number of aromatic nitrogens is 1. The number of hydrogen-bond acceptors (Lipinski definition) is 3. The highest BCUT2D eigenvalue weighted by molar-refractivity contribution is 7.98. The molecule has 0 saturated carbocycles. The van der Waals surface area contributed by atoms with Crippen molar-refractivity contribution >= 4 is 23.6 Å². The standard InChI is InChI=1S/C20H25N3O2S/c1-21-8-7-17(15-21)14-20(25)23-11-9-22(10-12-23)19(24)13-16-3-5-18(26-2)6-4-16/h3-8,15H,9-14H2,1-2H3. The van der Waals surface area contributed by atoms with Gasteiger partial charge in [0.1, 0.15) is 0 Å². The van der Waals surface area contributed by atoms with Crippen molar-refractivity contribution < 1.29 is 9.59 Å². The summed E-state index contributed by atoms with van der Waals surface area (Å²) in [4.78, 5) is 29.9. The summed E-state index contributed by atoms with van der Waals surface area (Å²) in [6, 6.07) is 10.1. The van der Waals surface area contributed by atoms with Crippen molar-refractivity contribution in [3.05, 3.63) is 53.9 Å². The average Bonchev–Trinajstić information content (AvgIpc) is 3.07. The Bertz CT molecular complexity index is 762. The quantitative estimate of drug-likeness (QED) is 0.757. The summed E-state index contributed by atoms with van der Waals surface area (Å²) in [7, 11) is 1.95. The molecule has 0 spiro atoms. The van der Waals surface area contributed by atoms with Gasteiger partial charge in [0.25, 0.3) is 0 Å². The molecule has 1 aliphatic heterocycles. The van der Waals surface area contributed by atoms with Gasteiger partial charge in [0.05, 0.1) is 12.8 Å². The molecule has 0 bridgehead atoms. The van der Waals surface area contributed by atoms with Gasteiger partial charge in [-0.1, -0.05) is 12.1 Å². The van der Waals surface area contributed by atoms with E-state index in [0.29, 0.717) is 39.0 Å². The first kappa shape index (κ1) is 18.6. The van der Waals surface area contributed by atoms with Gasteiger partial charge < -0.3 is 14.4 Å². The molecule has 1 aromatic carbocycles. The number of thioether (sulfide) groups is 1. The van der Waals surface area contributed by atoms with E-state index in [1.54, 1.807) is 11.8 Å². The number of rotatable bonds is 5. The van der Waals surface area contributed by atoms with Gasteiger partial charge in [0.15, 0.2) is 0 Å². The van der Waals surface area contributed by atoms with Crippen LogP contribution in [0.5, 0.6) is 0 Å². The van der Waals surface area contributed by atoms with E-state index < -0.39 is 0 Å². The fraction of sp³-hybridized carbons (Fsp3) is 0.400. The number of nitrogens with zero attached hydrogens (tertiary/aromatic N) is 3. The van der Waals surface area contributed by atoms with Gasteiger partial charge in [0, 0.05) is 50.5 Å². The number of benzene rings is 1. The normalized spacial score (nSPS) is 14.5. The van der Waals surface area contributed by atoms with Crippen LogP contribution in [0.25, 0.3) is 0 Å². The van der Waals surface area contributed by atoms with Crippen LogP contribution in [0.4, 0.5) is 0 Å². The van der Waals surface area contributed by atoms with E-state index in [-0.39, 0.29) is 11.8 Å². The third kappa shape index (κ3) is 4.69. The number of carbonyl (C=O) groups excluding carboxylic acids is 2. The Labute approximate surface area is 159 Å². The van der Waals surface area contributed by atoms with Gasteiger partial charge in [-0.05, 0) is 35.6 Å². The molecule has 1 aromatic heterocycles. The lowest BCUT2D eigenvalue weighted by molar-refractivity contribution is -0.138. The maximum atomic E-state index is 12.5. The van der Waals surface area contributed by atoms with Crippen molar-refractivity contribution in [2.45, 2.75) is 17.7 Å². The van der Waals surface area contributed by atoms with Crippen LogP contribution in [0.2, 0.25) is 0 Å². The molecule has 2 heterocycles. The Morgan fingerprint density at radius 2 is 1.42 bits per heavy atom. The van der Waals surface area contributed by atoms with Gasteiger partial charge in [0.2, 0.25) is 11.8 Å². The van der Waals surface area contributed by atoms with Crippen molar-refractivity contribution in [1.29, 1.82) is 0 Å². The zero-order valence-electron chi connectivity index (χ0n) is 15.4. The lowest BCUT2D eigenvalue weighted by Crippen LogP contribution is -2.51. The zero-order chi connectivity index (χ0) is 18.5. The largest absolute Gasteiger partial charge is 0.357 e. The molecule has 0 atom stereocenters. The molecule has 2 aromatic rings. The minimum atomic E-state index is 0.135. The van der Waals surface area contributed by atoms with Crippen LogP contribution in [0.3, 0.4) is 0 Å². The molecule has 0 aliphatic carbocycles. The Kier molecular flexibility index (Phi) is 6.04. The van der Waals surface area contributed by atoms with Gasteiger partial charge in [-0.3, -0.25) is 9.59 Å². The SMILES string of the molecule is CSc1ccc(CC(=O)N2CCN(C(=O)Cc3ccn(C)c3)CC2)cc1. The van der Waals surface area contributed by atoms with Crippen LogP contribution in [0.15, 0.2) is 47.6 Å². The molecule has 1 fully saturated rings. The first-order valence-electron chi connectivity index (χ1n) is 8.84. The second-order valence-electron chi connectivity index (χ2n) is 6.65. The molecule has 0 N–H and O–H groups in total. The first-order valence-corrected chi connectivity index (χ1v) is 10.1. The number of amides is 2. The molecule has 1 saturated heterocycles. The van der Waals surface area contributed by atoms with Crippen LogP contribution in [0, 0.1) is 0 Å². The van der Waals surface area contributed by atoms with E-state index in [1.165, 1.54) is 4.90 Å². The van der Waals surface area contributed by atoms with E-state index in [2.05, 4.69) is 0 Å². The highest BCUT2D eigenvalue weighted by atomic mass is 32.2. The molecule has 5 nitrogen and oxygen atoms in total. The average molecular weight is 372 g/mol. The third-order valence-corrected chi connectivity index (χ3v) is 5.49. The van der Waals surface area contributed by atoms with E-state index in [4.69, 9.17) is 0 Å². The summed E-state index contributed by atoms with van der Waals surface area (Å²) in [6.45, 7) is 2.45. The number of piperazine rings is 1. The number of aryl methyl sites for hydroxylation is 1. The molecule has 0 radical (unpaired) electrons. The molecule has 26 heavy (non-hydrogen) atoms. The highest BCUT2D eigenvalue weighted by Crippen LogP contribution is 2.16. The van der Waals surface area contributed by atoms with E-state index in [9.17, 15) is 9.59 Å². The lowest BCUT2D eigenvalue weighted by atomic mass is 10.1. The number of carbonyl (C=O) groups is 2. The predicted octanol–water partition coefficient (Wildman–Crippen LogP) is 2.20. The van der Waals surface area contributed by atoms with Crippen molar-refractivity contribution in [3.63, 3.8) is 0 Å². The molecule has 1 aliphatic rings. The van der Waals surface area contributed by atoms with Gasteiger partial charge in [-0.25, -0.2) is 0 Å². The van der Waals surface area contributed by atoms with Crippen LogP contribution in [0.1, 0.15) is 11.1 Å². The van der Waals surface area contributed by atoms with Crippen molar-refractivity contribution in [1.82, 2.24) is 14.4 Å². The topological polar surface area (TPSA) is 45.6 Å². The summed E-state index contributed by atoms with van der Waals surface area (Å²) in [5.74, 6) is 0.271. The summed E-state index contributed by atoms with van der Waals surface area (Å²) in [5.41, 5.74) is 2.07. The van der Waals surface area contributed by atoms with Crippen molar-refractivity contribution in [3.8, 4) is 0 Å². The number of hydrogen-bond donors (Lipinski definition) is 0. The summed E-state index contributed by atoms with van der Waals surface area (Å²) < 4.78 is 1.95. The van der Waals surface area contributed by atoms with E-state index in [1.807, 2.05) is 70.4 Å². The first-order chi connectivity index (χ1) is 12.5. The zero-order valence-corrected chi connectivity index (χ0v) is 16.2. The van der Waals surface area contributed by atoms with Crippen molar-refractivity contribution in [2.24, 2.45) is 7.05 Å². The Balaban J connectivity index is 1.47. The van der Waals surface area contributed by atoms with Gasteiger partial charge >= 0.3 is 0 Å². The fourth-order valence-electron chi connectivity index (χ4n) is 3.19. The van der Waals surface area contributed by atoms with E-state index >= 15 is 0 Å². The molecular weight excluding hydrogens is 346 g/mol. The maximum Gasteiger partial charge on any atom is 0.227 e. The van der Waals surface area contributed by atoms with Crippen LogP contribution < -0.4 is 0 Å². The summed E-state index contributed by atoms with van der Waals surface area (Å²) in [6.07, 6.45) is 6.81. The third-order valence-electron chi connectivity index (χ3n) is 4.75. The maximum absolute atomic E-state index is 12.5. The van der Waals surface area contributed by atoms with Gasteiger partial charge in [-0.2, -0.15) is 0 Å². The Hall–Kier alpha value is -2.21. The van der Waals surface area contributed by atoms with Crippen LogP contribution in [-0.4, -0.2) is 58.6 Å². The Morgan fingerprint density at radius 3 is 1.88 bits per heavy atom. The summed E-state index contributed by atoms with van der Waals surface area (Å²) in [5, 5.41) is 0. The highest BCUT2D eigenvalue weighted by Gasteiger charge is 2.24. The second kappa shape index (κ2) is 8.45. The van der Waals surface area contributed by atoms with Crippen LogP contribution in [-0.2, 0) is 29.5 Å². The van der Waals surface area contributed by atoms with E-state index in [0.717, 1.165) is 11.1 Å². The molecule has 3 rings (SSSR count). The minimum absolute atomic E-state index is 0.135. The van der Waals surface area contributed by atoms with Crippen molar-refractivity contribution in [2.75, 3.05) is 32.4 Å². The molecule has 6 heteroatoms. The Morgan fingerprint density at radius 1 is 0.885 bits per heavy atom.